The van der Waals surface area contributed by atoms with Crippen molar-refractivity contribution in [3.63, 3.8) is 0 Å². The summed E-state index contributed by atoms with van der Waals surface area (Å²) in [5.74, 6) is 0. The van der Waals surface area contributed by atoms with E-state index in [9.17, 15) is 10.1 Å². The zero-order valence-corrected chi connectivity index (χ0v) is 12.9. The molecule has 2 aromatic rings. The zero-order valence-electron chi connectivity index (χ0n) is 10.5. The highest BCUT2D eigenvalue weighted by atomic mass is 79.9. The normalized spacial score (nSPS) is 11.9. The Hall–Kier alpha value is -1.66. The van der Waals surface area contributed by atoms with Gasteiger partial charge in [0.15, 0.2) is 0 Å². The summed E-state index contributed by atoms with van der Waals surface area (Å²) in [7, 11) is 0. The predicted molar refractivity (Wildman–Crippen MR) is 82.1 cm³/mol. The standard InChI is InChI=1S/C13H11BrClN3O2/c1-8(9-3-2-4-10(15)5-9)17-13-11(14)6-16-7-12(13)18(19)20/h2-8H,1H3,(H,16,17). The van der Waals surface area contributed by atoms with Crippen molar-refractivity contribution in [3.8, 4) is 0 Å². The van der Waals surface area contributed by atoms with Crippen molar-refractivity contribution in [2.24, 2.45) is 0 Å². The van der Waals surface area contributed by atoms with Gasteiger partial charge in [0, 0.05) is 17.3 Å². The van der Waals surface area contributed by atoms with Crippen LogP contribution in [0.4, 0.5) is 11.4 Å². The Morgan fingerprint density at radius 3 is 2.85 bits per heavy atom. The first-order valence-electron chi connectivity index (χ1n) is 5.79. The lowest BCUT2D eigenvalue weighted by Crippen LogP contribution is -2.09. The second-order valence-corrected chi connectivity index (χ2v) is 5.48. The van der Waals surface area contributed by atoms with E-state index in [1.165, 1.54) is 12.4 Å². The number of rotatable bonds is 4. The molecule has 0 aliphatic rings. The first-order valence-corrected chi connectivity index (χ1v) is 6.96. The van der Waals surface area contributed by atoms with Crippen molar-refractivity contribution in [1.29, 1.82) is 0 Å². The lowest BCUT2D eigenvalue weighted by Gasteiger charge is -2.16. The van der Waals surface area contributed by atoms with E-state index < -0.39 is 4.92 Å². The highest BCUT2D eigenvalue weighted by Gasteiger charge is 2.19. The average Bonchev–Trinajstić information content (AvgIpc) is 2.40. The molecule has 1 heterocycles. The number of pyridine rings is 1. The van der Waals surface area contributed by atoms with Crippen LogP contribution in [-0.2, 0) is 0 Å². The average molecular weight is 357 g/mol. The van der Waals surface area contributed by atoms with Crippen LogP contribution in [0.1, 0.15) is 18.5 Å². The minimum atomic E-state index is -0.467. The third-order valence-corrected chi connectivity index (χ3v) is 3.62. The van der Waals surface area contributed by atoms with Gasteiger partial charge < -0.3 is 5.32 Å². The Morgan fingerprint density at radius 1 is 1.45 bits per heavy atom. The van der Waals surface area contributed by atoms with Crippen LogP contribution in [-0.4, -0.2) is 9.91 Å². The smallest absolute Gasteiger partial charge is 0.311 e. The summed E-state index contributed by atoms with van der Waals surface area (Å²) in [6, 6.07) is 7.21. The lowest BCUT2D eigenvalue weighted by molar-refractivity contribution is -0.384. The summed E-state index contributed by atoms with van der Waals surface area (Å²) >= 11 is 9.23. The Balaban J connectivity index is 2.32. The third kappa shape index (κ3) is 3.26. The third-order valence-electron chi connectivity index (χ3n) is 2.79. The van der Waals surface area contributed by atoms with Gasteiger partial charge in [-0.25, -0.2) is 0 Å². The molecule has 0 saturated heterocycles. The van der Waals surface area contributed by atoms with E-state index in [4.69, 9.17) is 11.6 Å². The van der Waals surface area contributed by atoms with Crippen LogP contribution in [0.2, 0.25) is 5.02 Å². The molecular formula is C13H11BrClN3O2. The van der Waals surface area contributed by atoms with Gasteiger partial charge in [0.25, 0.3) is 0 Å². The molecule has 1 unspecified atom stereocenters. The van der Waals surface area contributed by atoms with Gasteiger partial charge in [0.2, 0.25) is 0 Å². The molecule has 0 fully saturated rings. The van der Waals surface area contributed by atoms with Crippen molar-refractivity contribution in [1.82, 2.24) is 4.98 Å². The Kier molecular flexibility index (Phi) is 4.57. The molecule has 0 aliphatic carbocycles. The molecule has 1 aromatic heterocycles. The minimum absolute atomic E-state index is 0.0757. The van der Waals surface area contributed by atoms with Gasteiger partial charge in [-0.1, -0.05) is 23.7 Å². The van der Waals surface area contributed by atoms with Crippen LogP contribution in [0.3, 0.4) is 0 Å². The molecule has 0 spiro atoms. The van der Waals surface area contributed by atoms with Gasteiger partial charge in [-0.15, -0.1) is 0 Å². The number of nitrogens with one attached hydrogen (secondary N) is 1. The zero-order chi connectivity index (χ0) is 14.7. The maximum atomic E-state index is 11.0. The van der Waals surface area contributed by atoms with Crippen LogP contribution in [0, 0.1) is 10.1 Å². The Labute approximate surface area is 129 Å². The first kappa shape index (κ1) is 14.7. The monoisotopic (exact) mass is 355 g/mol. The molecule has 0 saturated carbocycles. The van der Waals surface area contributed by atoms with Gasteiger partial charge in [-0.3, -0.25) is 15.1 Å². The number of aromatic nitrogens is 1. The van der Waals surface area contributed by atoms with E-state index in [0.29, 0.717) is 15.2 Å². The highest BCUT2D eigenvalue weighted by Crippen LogP contribution is 2.34. The van der Waals surface area contributed by atoms with E-state index >= 15 is 0 Å². The van der Waals surface area contributed by atoms with Crippen molar-refractivity contribution in [2.75, 3.05) is 5.32 Å². The molecule has 20 heavy (non-hydrogen) atoms. The molecule has 0 radical (unpaired) electrons. The SMILES string of the molecule is CC(Nc1c(Br)cncc1[N+](=O)[O-])c1cccc(Cl)c1. The summed E-state index contributed by atoms with van der Waals surface area (Å²) in [4.78, 5) is 14.4. The summed E-state index contributed by atoms with van der Waals surface area (Å²) in [5.41, 5.74) is 1.27. The number of benzene rings is 1. The predicted octanol–water partition coefficient (Wildman–Crippen LogP) is 4.58. The molecule has 104 valence electrons. The van der Waals surface area contributed by atoms with Crippen LogP contribution in [0.15, 0.2) is 41.1 Å². The van der Waals surface area contributed by atoms with Crippen molar-refractivity contribution in [3.05, 3.63) is 61.8 Å². The second-order valence-electron chi connectivity index (χ2n) is 4.19. The van der Waals surface area contributed by atoms with E-state index in [1.807, 2.05) is 25.1 Å². The molecule has 0 amide bonds. The Bertz CT molecular complexity index is 651. The minimum Gasteiger partial charge on any atom is -0.372 e. The van der Waals surface area contributed by atoms with Crippen LogP contribution in [0.5, 0.6) is 0 Å². The largest absolute Gasteiger partial charge is 0.372 e. The first-order chi connectivity index (χ1) is 9.49. The van der Waals surface area contributed by atoms with Crippen molar-refractivity contribution >= 4 is 38.9 Å². The summed E-state index contributed by atoms with van der Waals surface area (Å²) in [5, 5.41) is 14.8. The van der Waals surface area contributed by atoms with Crippen molar-refractivity contribution in [2.45, 2.75) is 13.0 Å². The van der Waals surface area contributed by atoms with Gasteiger partial charge >= 0.3 is 5.69 Å². The number of nitro groups is 1. The van der Waals surface area contributed by atoms with Gasteiger partial charge in [0.1, 0.15) is 11.9 Å². The van der Waals surface area contributed by atoms with Gasteiger partial charge in [-0.05, 0) is 40.5 Å². The van der Waals surface area contributed by atoms with Crippen LogP contribution < -0.4 is 5.32 Å². The number of anilines is 1. The molecule has 7 heteroatoms. The highest BCUT2D eigenvalue weighted by molar-refractivity contribution is 9.10. The number of hydrogen-bond acceptors (Lipinski definition) is 4. The molecule has 0 bridgehead atoms. The topological polar surface area (TPSA) is 68.1 Å². The van der Waals surface area contributed by atoms with E-state index in [0.717, 1.165) is 5.56 Å². The number of nitrogens with zero attached hydrogens (tertiary/aromatic N) is 2. The lowest BCUT2D eigenvalue weighted by atomic mass is 10.1. The maximum absolute atomic E-state index is 11.0. The van der Waals surface area contributed by atoms with Gasteiger partial charge in [-0.2, -0.15) is 0 Å². The Morgan fingerprint density at radius 2 is 2.20 bits per heavy atom. The van der Waals surface area contributed by atoms with Crippen LogP contribution >= 0.6 is 27.5 Å². The number of hydrogen-bond donors (Lipinski definition) is 1. The molecule has 0 aliphatic heterocycles. The van der Waals surface area contributed by atoms with E-state index in [2.05, 4.69) is 26.2 Å². The maximum Gasteiger partial charge on any atom is 0.311 e. The van der Waals surface area contributed by atoms with Crippen LogP contribution in [0.25, 0.3) is 0 Å². The molecule has 1 atom stereocenters. The summed E-state index contributed by atoms with van der Waals surface area (Å²) in [6.45, 7) is 1.91. The molecule has 5 nitrogen and oxygen atoms in total. The molecule has 1 aromatic carbocycles. The fourth-order valence-electron chi connectivity index (χ4n) is 1.78. The van der Waals surface area contributed by atoms with Crippen molar-refractivity contribution < 1.29 is 4.92 Å². The quantitative estimate of drug-likeness (QED) is 0.643. The van der Waals surface area contributed by atoms with E-state index in [1.54, 1.807) is 6.07 Å². The molecule has 1 N–H and O–H groups in total. The summed E-state index contributed by atoms with van der Waals surface area (Å²) in [6.07, 6.45) is 2.73. The number of halogens is 2. The fourth-order valence-corrected chi connectivity index (χ4v) is 2.42. The van der Waals surface area contributed by atoms with Gasteiger partial charge in [0.05, 0.1) is 9.40 Å². The van der Waals surface area contributed by atoms with E-state index in [-0.39, 0.29) is 11.7 Å². The fraction of sp³-hybridized carbons (Fsp3) is 0.154. The second kappa shape index (κ2) is 6.19. The molecule has 2 rings (SSSR count). The summed E-state index contributed by atoms with van der Waals surface area (Å²) < 4.78 is 0.542. The molecular weight excluding hydrogens is 346 g/mol.